The molecule has 2 fully saturated rings. The van der Waals surface area contributed by atoms with Gasteiger partial charge in [0, 0.05) is 39.2 Å². The molecule has 0 spiro atoms. The van der Waals surface area contributed by atoms with Gasteiger partial charge >= 0.3 is 6.03 Å². The van der Waals surface area contributed by atoms with Gasteiger partial charge in [-0.05, 0) is 38.2 Å². The smallest absolute Gasteiger partial charge is 0.320 e. The van der Waals surface area contributed by atoms with Gasteiger partial charge in [-0.2, -0.15) is 0 Å². The summed E-state index contributed by atoms with van der Waals surface area (Å²) in [4.78, 5) is 16.7. The number of hydrogen-bond donors (Lipinski definition) is 0. The topological polar surface area (TPSA) is 32.8 Å². The fourth-order valence-corrected chi connectivity index (χ4v) is 3.94. The average molecular weight is 316 g/mol. The first-order valence-electron chi connectivity index (χ1n) is 8.79. The van der Waals surface area contributed by atoms with Crippen LogP contribution in [0.1, 0.15) is 30.4 Å². The predicted molar refractivity (Wildman–Crippen MR) is 91.6 cm³/mol. The zero-order valence-corrected chi connectivity index (χ0v) is 14.3. The lowest BCUT2D eigenvalue weighted by Crippen LogP contribution is -2.51. The maximum atomic E-state index is 12.7. The van der Waals surface area contributed by atoms with Crippen LogP contribution < -0.4 is 0 Å². The standard InChI is InChI=1S/C19H28N2O2/c1-15-6-5-7-16(12-15)13-17-14-21(11-8-18(17)23-2)19(22)20-9-3-4-10-20/h5-7,12,17-18H,3-4,8-11,13-14H2,1-2H3/t17-,18-/m0/s1. The molecule has 4 heteroatoms. The molecule has 0 bridgehead atoms. The molecule has 2 atom stereocenters. The first-order chi connectivity index (χ1) is 11.2. The van der Waals surface area contributed by atoms with Crippen molar-refractivity contribution in [3.05, 3.63) is 35.4 Å². The van der Waals surface area contributed by atoms with Gasteiger partial charge in [0.2, 0.25) is 0 Å². The van der Waals surface area contributed by atoms with E-state index in [-0.39, 0.29) is 12.1 Å². The minimum atomic E-state index is 0.228. The van der Waals surface area contributed by atoms with Gasteiger partial charge in [-0.25, -0.2) is 4.79 Å². The van der Waals surface area contributed by atoms with Crippen LogP contribution in [0.5, 0.6) is 0 Å². The first kappa shape index (κ1) is 16.3. The van der Waals surface area contributed by atoms with Crippen molar-refractivity contribution in [3.63, 3.8) is 0 Å². The van der Waals surface area contributed by atoms with Crippen molar-refractivity contribution in [1.82, 2.24) is 9.80 Å². The van der Waals surface area contributed by atoms with Crippen molar-refractivity contribution in [2.75, 3.05) is 33.3 Å². The number of rotatable bonds is 3. The van der Waals surface area contributed by atoms with Crippen molar-refractivity contribution < 1.29 is 9.53 Å². The molecule has 23 heavy (non-hydrogen) atoms. The molecular weight excluding hydrogens is 288 g/mol. The molecule has 0 saturated carbocycles. The molecule has 2 heterocycles. The molecule has 126 valence electrons. The molecule has 0 aliphatic carbocycles. The molecule has 4 nitrogen and oxygen atoms in total. The van der Waals surface area contributed by atoms with Crippen LogP contribution in [0.3, 0.4) is 0 Å². The van der Waals surface area contributed by atoms with E-state index in [4.69, 9.17) is 4.74 Å². The third-order valence-corrected chi connectivity index (χ3v) is 5.19. The lowest BCUT2D eigenvalue weighted by Gasteiger charge is -2.39. The number of aryl methyl sites for hydroxylation is 1. The molecule has 2 aliphatic rings. The molecular formula is C19H28N2O2. The number of piperidine rings is 1. The second kappa shape index (κ2) is 7.35. The van der Waals surface area contributed by atoms with Crippen molar-refractivity contribution in [2.45, 2.75) is 38.7 Å². The van der Waals surface area contributed by atoms with Crippen LogP contribution in [-0.2, 0) is 11.2 Å². The number of carbonyl (C=O) groups excluding carboxylic acids is 1. The summed E-state index contributed by atoms with van der Waals surface area (Å²) >= 11 is 0. The fraction of sp³-hybridized carbons (Fsp3) is 0.632. The molecule has 3 rings (SSSR count). The third kappa shape index (κ3) is 3.86. The van der Waals surface area contributed by atoms with E-state index in [1.807, 2.05) is 9.80 Å². The van der Waals surface area contributed by atoms with Crippen molar-refractivity contribution >= 4 is 6.03 Å². The highest BCUT2D eigenvalue weighted by molar-refractivity contribution is 5.74. The van der Waals surface area contributed by atoms with E-state index in [1.165, 1.54) is 11.1 Å². The van der Waals surface area contributed by atoms with Crippen molar-refractivity contribution in [2.24, 2.45) is 5.92 Å². The Balaban J connectivity index is 1.67. The number of nitrogens with zero attached hydrogens (tertiary/aromatic N) is 2. The molecule has 2 aliphatic heterocycles. The molecule has 1 aromatic carbocycles. The van der Waals surface area contributed by atoms with Gasteiger partial charge in [-0.3, -0.25) is 0 Å². The van der Waals surface area contributed by atoms with E-state index in [1.54, 1.807) is 7.11 Å². The van der Waals surface area contributed by atoms with Crippen LogP contribution in [0, 0.1) is 12.8 Å². The molecule has 1 aromatic rings. The quantitative estimate of drug-likeness (QED) is 0.858. The maximum absolute atomic E-state index is 12.7. The largest absolute Gasteiger partial charge is 0.381 e. The van der Waals surface area contributed by atoms with E-state index in [2.05, 4.69) is 31.2 Å². The van der Waals surface area contributed by atoms with Gasteiger partial charge in [-0.1, -0.05) is 29.8 Å². The summed E-state index contributed by atoms with van der Waals surface area (Å²) < 4.78 is 5.71. The van der Waals surface area contributed by atoms with Gasteiger partial charge in [0.1, 0.15) is 0 Å². The minimum absolute atomic E-state index is 0.228. The van der Waals surface area contributed by atoms with Crippen molar-refractivity contribution in [1.29, 1.82) is 0 Å². The summed E-state index contributed by atoms with van der Waals surface area (Å²) in [5, 5.41) is 0. The Hall–Kier alpha value is -1.55. The highest BCUT2D eigenvalue weighted by atomic mass is 16.5. The summed E-state index contributed by atoms with van der Waals surface area (Å²) in [7, 11) is 1.80. The Bertz CT molecular complexity index is 540. The number of benzene rings is 1. The van der Waals surface area contributed by atoms with E-state index in [0.29, 0.717) is 5.92 Å². The second-order valence-electron chi connectivity index (χ2n) is 6.94. The first-order valence-corrected chi connectivity index (χ1v) is 8.79. The fourth-order valence-electron chi connectivity index (χ4n) is 3.94. The molecule has 2 saturated heterocycles. The number of carbonyl (C=O) groups is 1. The van der Waals surface area contributed by atoms with E-state index in [0.717, 1.165) is 51.9 Å². The number of methoxy groups -OCH3 is 1. The van der Waals surface area contributed by atoms with Crippen LogP contribution in [0.15, 0.2) is 24.3 Å². The van der Waals surface area contributed by atoms with Gasteiger partial charge in [0.25, 0.3) is 0 Å². The Morgan fingerprint density at radius 1 is 1.22 bits per heavy atom. The summed E-state index contributed by atoms with van der Waals surface area (Å²) in [5.74, 6) is 0.377. The van der Waals surface area contributed by atoms with Gasteiger partial charge in [0.05, 0.1) is 6.10 Å². The SMILES string of the molecule is CO[C@H]1CCN(C(=O)N2CCCC2)C[C@@H]1Cc1cccc(C)c1. The summed E-state index contributed by atoms with van der Waals surface area (Å²) in [6.07, 6.45) is 4.45. The Morgan fingerprint density at radius 3 is 2.70 bits per heavy atom. The molecule has 0 radical (unpaired) electrons. The average Bonchev–Trinajstić information content (AvgIpc) is 3.08. The van der Waals surface area contributed by atoms with E-state index in [9.17, 15) is 4.79 Å². The van der Waals surface area contributed by atoms with Crippen molar-refractivity contribution in [3.8, 4) is 0 Å². The monoisotopic (exact) mass is 316 g/mol. The molecule has 0 aromatic heterocycles. The maximum Gasteiger partial charge on any atom is 0.320 e. The van der Waals surface area contributed by atoms with E-state index >= 15 is 0 Å². The van der Waals surface area contributed by atoms with Crippen LogP contribution in [0.25, 0.3) is 0 Å². The number of ether oxygens (including phenoxy) is 1. The number of urea groups is 1. The Kier molecular flexibility index (Phi) is 5.21. The normalized spacial score (nSPS) is 25.0. The summed E-state index contributed by atoms with van der Waals surface area (Å²) in [5.41, 5.74) is 2.63. The highest BCUT2D eigenvalue weighted by Gasteiger charge is 2.33. The predicted octanol–water partition coefficient (Wildman–Crippen LogP) is 3.09. The number of amides is 2. The Morgan fingerprint density at radius 2 is 2.00 bits per heavy atom. The second-order valence-corrected chi connectivity index (χ2v) is 6.94. The van der Waals surface area contributed by atoms with E-state index < -0.39 is 0 Å². The van der Waals surface area contributed by atoms with Crippen LogP contribution in [0.2, 0.25) is 0 Å². The van der Waals surface area contributed by atoms with Crippen LogP contribution in [-0.4, -0.2) is 55.2 Å². The summed E-state index contributed by atoms with van der Waals surface area (Å²) in [6.45, 7) is 5.60. The zero-order valence-electron chi connectivity index (χ0n) is 14.3. The highest BCUT2D eigenvalue weighted by Crippen LogP contribution is 2.25. The number of likely N-dealkylation sites (tertiary alicyclic amines) is 2. The van der Waals surface area contributed by atoms with Gasteiger partial charge < -0.3 is 14.5 Å². The lowest BCUT2D eigenvalue weighted by molar-refractivity contribution is 0.000635. The molecule has 0 N–H and O–H groups in total. The summed E-state index contributed by atoms with van der Waals surface area (Å²) in [6, 6.07) is 8.89. The lowest BCUT2D eigenvalue weighted by atomic mass is 9.88. The zero-order chi connectivity index (χ0) is 16.2. The Labute approximate surface area is 139 Å². The van der Waals surface area contributed by atoms with Crippen LogP contribution >= 0.6 is 0 Å². The minimum Gasteiger partial charge on any atom is -0.381 e. The van der Waals surface area contributed by atoms with Gasteiger partial charge in [-0.15, -0.1) is 0 Å². The van der Waals surface area contributed by atoms with Gasteiger partial charge in [0.15, 0.2) is 0 Å². The molecule has 2 amide bonds. The molecule has 0 unspecified atom stereocenters. The third-order valence-electron chi connectivity index (χ3n) is 5.19. The number of hydrogen-bond acceptors (Lipinski definition) is 2. The van der Waals surface area contributed by atoms with Crippen LogP contribution in [0.4, 0.5) is 4.79 Å².